The summed E-state index contributed by atoms with van der Waals surface area (Å²) in [6.45, 7) is 0.908. The number of hydrogen-bond acceptors (Lipinski definition) is 10. The summed E-state index contributed by atoms with van der Waals surface area (Å²) in [5.41, 5.74) is 6.58. The molecular weight excluding hydrogens is 739 g/mol. The second kappa shape index (κ2) is 18.6. The van der Waals surface area contributed by atoms with E-state index in [9.17, 15) is 29.7 Å². The summed E-state index contributed by atoms with van der Waals surface area (Å²) in [6.07, 6.45) is -2.35. The SMILES string of the molecule is CN(C[C@H]1C[C@@H](c2ccc(CO)cc2)O[C@@H](c2ccc(-c3cccc(CN4C(=O)CC(NC(=O)OCc5ccccc5)C4=O)c3)cc2)O1)C[C@@H](O)c1cccc(O)c1. The molecule has 12 nitrogen and oxygen atoms in total. The molecule has 4 N–H and O–H groups in total. The molecule has 0 spiro atoms. The first kappa shape index (κ1) is 40.3. The van der Waals surface area contributed by atoms with Crippen molar-refractivity contribution in [2.45, 2.75) is 63.2 Å². The van der Waals surface area contributed by atoms with E-state index in [2.05, 4.69) is 5.32 Å². The van der Waals surface area contributed by atoms with Crippen LogP contribution in [0.1, 0.15) is 64.7 Å². The zero-order chi connectivity index (χ0) is 40.6. The second-order valence-electron chi connectivity index (χ2n) is 14.8. The number of likely N-dealkylation sites (N-methyl/N-ethyl adjacent to an activating group) is 1. The number of benzene rings is 5. The van der Waals surface area contributed by atoms with Crippen LogP contribution in [0, 0.1) is 0 Å². The quantitative estimate of drug-likeness (QED) is 0.0940. The number of alkyl carbamates (subject to hydrolysis) is 1. The number of phenols is 1. The number of aromatic hydroxyl groups is 1. The molecule has 2 saturated heterocycles. The Bertz CT molecular complexity index is 2180. The molecule has 12 heteroatoms. The van der Waals surface area contributed by atoms with Crippen LogP contribution in [0.2, 0.25) is 0 Å². The molecule has 3 amide bonds. The minimum Gasteiger partial charge on any atom is -0.508 e. The van der Waals surface area contributed by atoms with Crippen LogP contribution < -0.4 is 5.32 Å². The van der Waals surface area contributed by atoms with Crippen molar-refractivity contribution in [3.8, 4) is 16.9 Å². The van der Waals surface area contributed by atoms with E-state index in [1.165, 1.54) is 0 Å². The molecule has 0 radical (unpaired) electrons. The normalized spacial score (nSPS) is 20.0. The van der Waals surface area contributed by atoms with Gasteiger partial charge in [0.1, 0.15) is 18.4 Å². The highest BCUT2D eigenvalue weighted by atomic mass is 16.7. The number of aliphatic hydroxyl groups excluding tert-OH is 2. The highest BCUT2D eigenvalue weighted by Gasteiger charge is 2.40. The molecule has 0 aliphatic carbocycles. The van der Waals surface area contributed by atoms with Gasteiger partial charge in [-0.05, 0) is 64.2 Å². The Labute approximate surface area is 337 Å². The van der Waals surface area contributed by atoms with Gasteiger partial charge in [0.2, 0.25) is 5.91 Å². The van der Waals surface area contributed by atoms with E-state index >= 15 is 0 Å². The average molecular weight is 786 g/mol. The number of aliphatic hydroxyl groups is 2. The smallest absolute Gasteiger partial charge is 0.408 e. The molecule has 2 aliphatic rings. The summed E-state index contributed by atoms with van der Waals surface area (Å²) >= 11 is 0. The number of likely N-dealkylation sites (tertiary alicyclic amines) is 1. The number of hydrogen-bond donors (Lipinski definition) is 4. The third kappa shape index (κ3) is 10.2. The molecular formula is C46H47N3O9. The summed E-state index contributed by atoms with van der Waals surface area (Å²) in [6, 6.07) is 38.0. The largest absolute Gasteiger partial charge is 0.508 e. The molecule has 5 atom stereocenters. The van der Waals surface area contributed by atoms with E-state index in [0.717, 1.165) is 43.8 Å². The highest BCUT2D eigenvalue weighted by Crippen LogP contribution is 2.39. The molecule has 5 aromatic carbocycles. The summed E-state index contributed by atoms with van der Waals surface area (Å²) < 4.78 is 18.3. The third-order valence-electron chi connectivity index (χ3n) is 10.4. The minimum absolute atomic E-state index is 0.0496. The molecule has 2 fully saturated rings. The van der Waals surface area contributed by atoms with E-state index in [-0.39, 0.29) is 50.0 Å². The van der Waals surface area contributed by atoms with Crippen LogP contribution in [0.4, 0.5) is 4.79 Å². The van der Waals surface area contributed by atoms with Crippen LogP contribution in [-0.2, 0) is 43.6 Å². The highest BCUT2D eigenvalue weighted by molar-refractivity contribution is 6.06. The topological polar surface area (TPSA) is 158 Å². The standard InChI is InChI=1S/C46H47N3O9/c1-48(27-41(52)37-11-6-12-38(51)22-37)26-39-23-42(34-15-13-30(28-50)14-16-34)58-45(57-39)35-19-17-33(18-20-35)36-10-5-9-32(21-36)25-49-43(53)24-40(44(49)54)47-46(55)56-29-31-7-3-2-4-8-31/h2-22,39-42,45,50-52H,23-29H2,1H3,(H,47,55)/t39-,40?,41-,42+,45+/m1/s1. The van der Waals surface area contributed by atoms with E-state index < -0.39 is 30.4 Å². The number of nitrogens with zero attached hydrogens (tertiary/aromatic N) is 2. The fourth-order valence-corrected chi connectivity index (χ4v) is 7.32. The van der Waals surface area contributed by atoms with Crippen molar-refractivity contribution < 1.29 is 43.9 Å². The lowest BCUT2D eigenvalue weighted by Crippen LogP contribution is -2.41. The molecule has 0 bridgehead atoms. The van der Waals surface area contributed by atoms with Crippen LogP contribution in [0.3, 0.4) is 0 Å². The Morgan fingerprint density at radius 3 is 2.31 bits per heavy atom. The van der Waals surface area contributed by atoms with Crippen molar-refractivity contribution >= 4 is 17.9 Å². The molecule has 0 aromatic heterocycles. The predicted molar refractivity (Wildman–Crippen MR) is 215 cm³/mol. The number of imide groups is 1. The van der Waals surface area contributed by atoms with E-state index in [1.54, 1.807) is 24.3 Å². The predicted octanol–water partition coefficient (Wildman–Crippen LogP) is 6.32. The van der Waals surface area contributed by atoms with Crippen molar-refractivity contribution in [1.82, 2.24) is 15.1 Å². The first-order valence-electron chi connectivity index (χ1n) is 19.3. The first-order chi connectivity index (χ1) is 28.1. The lowest BCUT2D eigenvalue weighted by atomic mass is 9.98. The number of ether oxygens (including phenoxy) is 3. The van der Waals surface area contributed by atoms with Gasteiger partial charge in [-0.1, -0.05) is 109 Å². The van der Waals surface area contributed by atoms with Crippen LogP contribution in [0.15, 0.2) is 127 Å². The number of rotatable bonds is 14. The zero-order valence-corrected chi connectivity index (χ0v) is 32.1. The summed E-state index contributed by atoms with van der Waals surface area (Å²) in [4.78, 5) is 41.7. The van der Waals surface area contributed by atoms with Crippen LogP contribution >= 0.6 is 0 Å². The van der Waals surface area contributed by atoms with Gasteiger partial charge in [-0.2, -0.15) is 0 Å². The number of carbonyl (C=O) groups excluding carboxylic acids is 3. The maximum Gasteiger partial charge on any atom is 0.408 e. The van der Waals surface area contributed by atoms with E-state index in [4.69, 9.17) is 14.2 Å². The summed E-state index contributed by atoms with van der Waals surface area (Å²) in [5.74, 6) is -0.759. The Hall–Kier alpha value is -5.89. The van der Waals surface area contributed by atoms with Gasteiger partial charge >= 0.3 is 6.09 Å². The molecule has 7 rings (SSSR count). The lowest BCUT2D eigenvalue weighted by Gasteiger charge is -2.38. The second-order valence-corrected chi connectivity index (χ2v) is 14.8. The Morgan fingerprint density at radius 1 is 0.845 bits per heavy atom. The molecule has 5 aromatic rings. The van der Waals surface area contributed by atoms with Gasteiger partial charge in [0.05, 0.1) is 37.9 Å². The molecule has 2 heterocycles. The van der Waals surface area contributed by atoms with Gasteiger partial charge in [0.25, 0.3) is 5.91 Å². The van der Waals surface area contributed by atoms with Gasteiger partial charge in [-0.15, -0.1) is 0 Å². The van der Waals surface area contributed by atoms with E-state index in [0.29, 0.717) is 25.1 Å². The number of amides is 3. The van der Waals surface area contributed by atoms with Gasteiger partial charge in [-0.25, -0.2) is 4.79 Å². The molecule has 2 aliphatic heterocycles. The van der Waals surface area contributed by atoms with Crippen LogP contribution in [-0.4, -0.2) is 75.3 Å². The van der Waals surface area contributed by atoms with Gasteiger partial charge in [-0.3, -0.25) is 14.5 Å². The fourth-order valence-electron chi connectivity index (χ4n) is 7.32. The minimum atomic E-state index is -0.994. The Kier molecular flexibility index (Phi) is 12.9. The summed E-state index contributed by atoms with van der Waals surface area (Å²) in [7, 11) is 1.92. The van der Waals surface area contributed by atoms with Gasteiger partial charge in [0, 0.05) is 25.1 Å². The van der Waals surface area contributed by atoms with Crippen LogP contribution in [0.5, 0.6) is 5.75 Å². The van der Waals surface area contributed by atoms with Crippen molar-refractivity contribution in [2.75, 3.05) is 20.1 Å². The third-order valence-corrected chi connectivity index (χ3v) is 10.4. The molecule has 1 unspecified atom stereocenters. The number of nitrogens with one attached hydrogen (secondary N) is 1. The van der Waals surface area contributed by atoms with Crippen LogP contribution in [0.25, 0.3) is 11.1 Å². The van der Waals surface area contributed by atoms with Crippen molar-refractivity contribution in [3.05, 3.63) is 161 Å². The monoisotopic (exact) mass is 785 g/mol. The fraction of sp³-hybridized carbons (Fsp3) is 0.283. The average Bonchev–Trinajstić information content (AvgIpc) is 3.50. The zero-order valence-electron chi connectivity index (χ0n) is 32.1. The Balaban J connectivity index is 0.999. The van der Waals surface area contributed by atoms with Gasteiger partial charge < -0.3 is 39.7 Å². The molecule has 0 saturated carbocycles. The van der Waals surface area contributed by atoms with Gasteiger partial charge in [0.15, 0.2) is 6.29 Å². The lowest BCUT2D eigenvalue weighted by molar-refractivity contribution is -0.252. The number of phenolic OH excluding ortho intramolecular Hbond substituents is 1. The summed E-state index contributed by atoms with van der Waals surface area (Å²) in [5, 5.41) is 32.9. The van der Waals surface area contributed by atoms with E-state index in [1.807, 2.05) is 115 Å². The van der Waals surface area contributed by atoms with Crippen molar-refractivity contribution in [2.24, 2.45) is 0 Å². The molecule has 58 heavy (non-hydrogen) atoms. The van der Waals surface area contributed by atoms with Crippen molar-refractivity contribution in [1.29, 1.82) is 0 Å². The molecule has 300 valence electrons. The maximum atomic E-state index is 13.2. The Morgan fingerprint density at radius 2 is 1.57 bits per heavy atom. The number of carbonyl (C=O) groups is 3. The first-order valence-corrected chi connectivity index (χ1v) is 19.3. The maximum absolute atomic E-state index is 13.2. The van der Waals surface area contributed by atoms with Crippen molar-refractivity contribution in [3.63, 3.8) is 0 Å².